The van der Waals surface area contributed by atoms with E-state index < -0.39 is 11.8 Å². The molecule has 1 fully saturated rings. The second-order valence-electron chi connectivity index (χ2n) is 6.20. The zero-order valence-corrected chi connectivity index (χ0v) is 13.6. The predicted octanol–water partition coefficient (Wildman–Crippen LogP) is 5.06. The van der Waals surface area contributed by atoms with Gasteiger partial charge in [-0.15, -0.1) is 0 Å². The van der Waals surface area contributed by atoms with Crippen LogP contribution in [0.5, 0.6) is 0 Å². The lowest BCUT2D eigenvalue weighted by molar-refractivity contribution is 0.0691. The Balaban J connectivity index is 1.74. The normalized spacial score (nSPS) is 14.2. The largest absolute Gasteiger partial charge is 0.478 e. The van der Waals surface area contributed by atoms with Crippen molar-refractivity contribution in [2.45, 2.75) is 25.3 Å². The van der Waals surface area contributed by atoms with Crippen molar-refractivity contribution in [3.63, 3.8) is 0 Å². The number of fused-ring (bicyclic) bond motifs is 1. The molecule has 1 N–H and O–H groups in total. The maximum atomic E-state index is 14.4. The number of hydrogen-bond donors (Lipinski definition) is 1. The summed E-state index contributed by atoms with van der Waals surface area (Å²) in [6.07, 6.45) is 4.22. The fraction of sp³-hybridized carbons (Fsp3) is 0.211. The molecule has 1 aromatic heterocycles. The van der Waals surface area contributed by atoms with Crippen molar-refractivity contribution < 1.29 is 14.3 Å². The number of aromatic carboxylic acids is 1. The van der Waals surface area contributed by atoms with Crippen LogP contribution < -0.4 is 0 Å². The van der Waals surface area contributed by atoms with E-state index >= 15 is 0 Å². The van der Waals surface area contributed by atoms with E-state index in [1.54, 1.807) is 12.1 Å². The highest BCUT2D eigenvalue weighted by Gasteiger charge is 2.26. The minimum Gasteiger partial charge on any atom is -0.478 e. The van der Waals surface area contributed by atoms with Crippen LogP contribution in [0.1, 0.15) is 40.2 Å². The van der Waals surface area contributed by atoms with Crippen molar-refractivity contribution in [1.82, 2.24) is 4.57 Å². The van der Waals surface area contributed by atoms with Gasteiger partial charge in [0, 0.05) is 22.7 Å². The van der Waals surface area contributed by atoms with E-state index in [-0.39, 0.29) is 12.1 Å². The Morgan fingerprint density at radius 2 is 2.04 bits per heavy atom. The van der Waals surface area contributed by atoms with E-state index in [2.05, 4.69) is 0 Å². The molecule has 0 aliphatic heterocycles. The highest BCUT2D eigenvalue weighted by atomic mass is 35.5. The van der Waals surface area contributed by atoms with E-state index in [4.69, 9.17) is 16.7 Å². The minimum atomic E-state index is -1.26. The minimum absolute atomic E-state index is 0.259. The van der Waals surface area contributed by atoms with Crippen LogP contribution in [0.4, 0.5) is 4.39 Å². The first-order valence-corrected chi connectivity index (χ1v) is 8.22. The van der Waals surface area contributed by atoms with E-state index in [9.17, 15) is 9.18 Å². The molecular formula is C19H15ClFNO2. The lowest BCUT2D eigenvalue weighted by Crippen LogP contribution is -2.06. The van der Waals surface area contributed by atoms with Gasteiger partial charge in [0.25, 0.3) is 0 Å². The summed E-state index contributed by atoms with van der Waals surface area (Å²) in [6.45, 7) is 0.259. The van der Waals surface area contributed by atoms with Gasteiger partial charge in [0.15, 0.2) is 0 Å². The van der Waals surface area contributed by atoms with Gasteiger partial charge in [0.05, 0.1) is 17.1 Å². The molecule has 122 valence electrons. The standard InChI is InChI=1S/C19H15ClFNO2/c20-17-13(11-4-5-11)6-7-16-14(17)8-9-22(16)10-12-2-1-3-15(18(12)21)19(23)24/h1-3,6-9,11H,4-5,10H2,(H,23,24). The van der Waals surface area contributed by atoms with Gasteiger partial charge in [-0.3, -0.25) is 0 Å². The first kappa shape index (κ1) is 15.2. The van der Waals surface area contributed by atoms with Gasteiger partial charge in [-0.1, -0.05) is 29.8 Å². The summed E-state index contributed by atoms with van der Waals surface area (Å²) in [5.74, 6) is -1.38. The maximum absolute atomic E-state index is 14.4. The first-order valence-electron chi connectivity index (χ1n) is 7.84. The summed E-state index contributed by atoms with van der Waals surface area (Å²) in [4.78, 5) is 11.1. The third-order valence-corrected chi connectivity index (χ3v) is 5.01. The lowest BCUT2D eigenvalue weighted by atomic mass is 10.1. The van der Waals surface area contributed by atoms with Crippen LogP contribution >= 0.6 is 11.6 Å². The Labute approximate surface area is 143 Å². The lowest BCUT2D eigenvalue weighted by Gasteiger charge is -2.10. The molecule has 1 aliphatic carbocycles. The molecule has 1 heterocycles. The molecule has 3 aromatic rings. The number of carboxylic acid groups (broad SMARTS) is 1. The Morgan fingerprint density at radius 1 is 1.25 bits per heavy atom. The number of rotatable bonds is 4. The molecule has 2 aromatic carbocycles. The van der Waals surface area contributed by atoms with Crippen LogP contribution in [-0.4, -0.2) is 15.6 Å². The van der Waals surface area contributed by atoms with Crippen molar-refractivity contribution in [3.05, 3.63) is 70.1 Å². The molecule has 3 nitrogen and oxygen atoms in total. The molecule has 0 saturated heterocycles. The maximum Gasteiger partial charge on any atom is 0.338 e. The Bertz CT molecular complexity index is 959. The smallest absolute Gasteiger partial charge is 0.338 e. The van der Waals surface area contributed by atoms with E-state index in [0.29, 0.717) is 11.5 Å². The molecule has 0 amide bonds. The second-order valence-corrected chi connectivity index (χ2v) is 6.58. The number of benzene rings is 2. The average molecular weight is 344 g/mol. The fourth-order valence-electron chi connectivity index (χ4n) is 3.15. The van der Waals surface area contributed by atoms with Gasteiger partial charge >= 0.3 is 5.97 Å². The number of halogens is 2. The van der Waals surface area contributed by atoms with Crippen molar-refractivity contribution >= 4 is 28.5 Å². The zero-order valence-electron chi connectivity index (χ0n) is 12.8. The quantitative estimate of drug-likeness (QED) is 0.719. The van der Waals surface area contributed by atoms with Crippen LogP contribution in [0.3, 0.4) is 0 Å². The molecule has 0 radical (unpaired) electrons. The SMILES string of the molecule is O=C(O)c1cccc(Cn2ccc3c(Cl)c(C4CC4)ccc32)c1F. The summed E-state index contributed by atoms with van der Waals surface area (Å²) < 4.78 is 16.2. The monoisotopic (exact) mass is 343 g/mol. The van der Waals surface area contributed by atoms with Gasteiger partial charge in [0.2, 0.25) is 0 Å². The molecule has 0 bridgehead atoms. The van der Waals surface area contributed by atoms with Crippen LogP contribution in [0, 0.1) is 5.82 Å². The number of aromatic nitrogens is 1. The molecule has 0 atom stereocenters. The molecule has 24 heavy (non-hydrogen) atoms. The zero-order chi connectivity index (χ0) is 16.8. The third-order valence-electron chi connectivity index (χ3n) is 4.58. The van der Waals surface area contributed by atoms with Crippen LogP contribution in [-0.2, 0) is 6.54 Å². The van der Waals surface area contributed by atoms with Gasteiger partial charge in [-0.2, -0.15) is 0 Å². The number of nitrogens with zero attached hydrogens (tertiary/aromatic N) is 1. The van der Waals surface area contributed by atoms with E-state index in [0.717, 1.165) is 15.9 Å². The van der Waals surface area contributed by atoms with Gasteiger partial charge in [0.1, 0.15) is 5.82 Å². The van der Waals surface area contributed by atoms with E-state index in [1.165, 1.54) is 24.5 Å². The fourth-order valence-corrected chi connectivity index (χ4v) is 3.53. The highest BCUT2D eigenvalue weighted by molar-refractivity contribution is 6.36. The predicted molar refractivity (Wildman–Crippen MR) is 91.4 cm³/mol. The van der Waals surface area contributed by atoms with Crippen molar-refractivity contribution in [1.29, 1.82) is 0 Å². The first-order chi connectivity index (χ1) is 11.6. The Hall–Kier alpha value is -2.33. The second kappa shape index (κ2) is 5.64. The van der Waals surface area contributed by atoms with Crippen LogP contribution in [0.25, 0.3) is 10.9 Å². The number of carbonyl (C=O) groups is 1. The summed E-state index contributed by atoms with van der Waals surface area (Å²) >= 11 is 6.53. The molecule has 4 rings (SSSR count). The van der Waals surface area contributed by atoms with Crippen LogP contribution in [0.2, 0.25) is 5.02 Å². The van der Waals surface area contributed by atoms with E-state index in [1.807, 2.05) is 29.0 Å². The highest BCUT2D eigenvalue weighted by Crippen LogP contribution is 2.45. The van der Waals surface area contributed by atoms with Gasteiger partial charge in [-0.05, 0) is 42.5 Å². The van der Waals surface area contributed by atoms with Crippen molar-refractivity contribution in [3.8, 4) is 0 Å². The summed E-state index contributed by atoms with van der Waals surface area (Å²) in [5.41, 5.74) is 2.14. The molecule has 0 unspecified atom stereocenters. The Kier molecular flexibility index (Phi) is 3.57. The van der Waals surface area contributed by atoms with Crippen molar-refractivity contribution in [2.24, 2.45) is 0 Å². The summed E-state index contributed by atoms with van der Waals surface area (Å²) in [6, 6.07) is 10.4. The molecule has 0 spiro atoms. The number of hydrogen-bond acceptors (Lipinski definition) is 1. The molecule has 1 saturated carbocycles. The third kappa shape index (κ3) is 2.47. The average Bonchev–Trinajstić information content (AvgIpc) is 3.31. The van der Waals surface area contributed by atoms with Crippen LogP contribution in [0.15, 0.2) is 42.6 Å². The molecular weight excluding hydrogens is 329 g/mol. The van der Waals surface area contributed by atoms with Crippen molar-refractivity contribution in [2.75, 3.05) is 0 Å². The summed E-state index contributed by atoms with van der Waals surface area (Å²) in [5, 5.41) is 10.8. The number of carboxylic acids is 1. The molecule has 5 heteroatoms. The molecule has 1 aliphatic rings. The summed E-state index contributed by atoms with van der Waals surface area (Å²) in [7, 11) is 0. The van der Waals surface area contributed by atoms with Gasteiger partial charge < -0.3 is 9.67 Å². The Morgan fingerprint density at radius 3 is 2.75 bits per heavy atom. The van der Waals surface area contributed by atoms with Gasteiger partial charge in [-0.25, -0.2) is 9.18 Å². The topological polar surface area (TPSA) is 42.2 Å².